The molecular weight excluding hydrogens is 333 g/mol. The topological polar surface area (TPSA) is 74.8 Å². The van der Waals surface area contributed by atoms with Crippen LogP contribution < -0.4 is 10.4 Å². The average molecular weight is 347 g/mol. The van der Waals surface area contributed by atoms with Crippen LogP contribution in [0.5, 0.6) is 5.19 Å². The number of halogens is 1. The molecule has 0 unspecified atom stereocenters. The first-order chi connectivity index (χ1) is 11.6. The van der Waals surface area contributed by atoms with E-state index < -0.39 is 0 Å². The molecule has 1 fully saturated rings. The van der Waals surface area contributed by atoms with E-state index in [1.807, 2.05) is 0 Å². The molecule has 0 atom stereocenters. The van der Waals surface area contributed by atoms with Crippen molar-refractivity contribution in [3.63, 3.8) is 0 Å². The van der Waals surface area contributed by atoms with Gasteiger partial charge >= 0.3 is 5.69 Å². The highest BCUT2D eigenvalue weighted by atomic mass is 32.1. The fraction of sp³-hybridized carbons (Fsp3) is 0.333. The molecule has 0 saturated heterocycles. The Morgan fingerprint density at radius 1 is 1.38 bits per heavy atom. The second-order valence-electron chi connectivity index (χ2n) is 5.62. The lowest BCUT2D eigenvalue weighted by atomic mass is 10.0. The van der Waals surface area contributed by atoms with E-state index in [1.54, 1.807) is 11.6 Å². The zero-order chi connectivity index (χ0) is 16.7. The predicted octanol–water partition coefficient (Wildman–Crippen LogP) is 2.02. The van der Waals surface area contributed by atoms with Gasteiger partial charge in [-0.15, -0.1) is 0 Å². The number of nitrogens with zero attached hydrogens (tertiary/aromatic N) is 5. The Hall–Kier alpha value is -2.55. The monoisotopic (exact) mass is 347 g/mol. The number of aryl methyl sites for hydroxylation is 1. The summed E-state index contributed by atoms with van der Waals surface area (Å²) in [6.45, 7) is 0.120. The number of aromatic nitrogens is 5. The lowest BCUT2D eigenvalue weighted by Gasteiger charge is -2.14. The third kappa shape index (κ3) is 2.60. The number of tetrazole rings is 1. The van der Waals surface area contributed by atoms with Crippen molar-refractivity contribution in [3.05, 3.63) is 51.1 Å². The normalized spacial score (nSPS) is 14.1. The first-order valence-corrected chi connectivity index (χ1v) is 8.36. The Bertz CT molecular complexity index is 930. The van der Waals surface area contributed by atoms with Gasteiger partial charge in [-0.2, -0.15) is 9.36 Å². The third-order valence-electron chi connectivity index (χ3n) is 3.96. The van der Waals surface area contributed by atoms with E-state index in [9.17, 15) is 9.18 Å². The summed E-state index contributed by atoms with van der Waals surface area (Å²) in [5, 5.41) is 9.90. The number of hydrogen-bond acceptors (Lipinski definition) is 6. The largest absolute Gasteiger partial charge is 0.465 e. The zero-order valence-corrected chi connectivity index (χ0v) is 13.7. The van der Waals surface area contributed by atoms with E-state index >= 15 is 0 Å². The number of ether oxygens (including phenoxy) is 1. The average Bonchev–Trinajstić information content (AvgIpc) is 3.17. The SMILES string of the molecule is Cn1nnn(-c2ccc(F)c(C3CC3)c2COc2nccs2)c1=O. The van der Waals surface area contributed by atoms with E-state index in [0.717, 1.165) is 17.5 Å². The molecule has 0 bridgehead atoms. The smallest absolute Gasteiger partial charge is 0.368 e. The maximum Gasteiger partial charge on any atom is 0.368 e. The van der Waals surface area contributed by atoms with Crippen LogP contribution in [0.15, 0.2) is 28.5 Å². The molecule has 24 heavy (non-hydrogen) atoms. The Balaban J connectivity index is 1.81. The summed E-state index contributed by atoms with van der Waals surface area (Å²) in [6.07, 6.45) is 3.50. The number of hydrogen-bond donors (Lipinski definition) is 0. The van der Waals surface area contributed by atoms with Gasteiger partial charge in [0.2, 0.25) is 0 Å². The summed E-state index contributed by atoms with van der Waals surface area (Å²) in [4.78, 5) is 16.3. The molecule has 124 valence electrons. The summed E-state index contributed by atoms with van der Waals surface area (Å²) in [5.74, 6) is -0.122. The Kier molecular flexibility index (Phi) is 3.64. The van der Waals surface area contributed by atoms with Gasteiger partial charge in [-0.1, -0.05) is 11.3 Å². The molecule has 1 aromatic carbocycles. The van der Waals surface area contributed by atoms with Gasteiger partial charge in [0.15, 0.2) is 0 Å². The minimum absolute atomic E-state index is 0.120. The molecule has 7 nitrogen and oxygen atoms in total. The summed E-state index contributed by atoms with van der Waals surface area (Å²) in [5.41, 5.74) is 1.32. The van der Waals surface area contributed by atoms with Gasteiger partial charge in [-0.05, 0) is 46.9 Å². The maximum absolute atomic E-state index is 14.4. The zero-order valence-electron chi connectivity index (χ0n) is 12.8. The van der Waals surface area contributed by atoms with E-state index in [-0.39, 0.29) is 24.0 Å². The van der Waals surface area contributed by atoms with Gasteiger partial charge in [0.25, 0.3) is 5.19 Å². The van der Waals surface area contributed by atoms with Crippen LogP contribution in [0.3, 0.4) is 0 Å². The van der Waals surface area contributed by atoms with Crippen molar-refractivity contribution in [2.24, 2.45) is 7.05 Å². The fourth-order valence-electron chi connectivity index (χ4n) is 2.67. The second-order valence-corrected chi connectivity index (χ2v) is 6.47. The summed E-state index contributed by atoms with van der Waals surface area (Å²) in [6, 6.07) is 2.91. The van der Waals surface area contributed by atoms with Crippen molar-refractivity contribution >= 4 is 11.3 Å². The minimum atomic E-state index is -0.390. The Labute approximate surface area is 140 Å². The Morgan fingerprint density at radius 3 is 2.83 bits per heavy atom. The van der Waals surface area contributed by atoms with E-state index in [4.69, 9.17) is 4.74 Å². The standard InChI is InChI=1S/C15H14FN5O2S/c1-20-15(22)21(19-18-20)12-5-4-11(16)13(9-2-3-9)10(12)8-23-14-17-6-7-24-14/h4-7,9H,2-3,8H2,1H3. The number of benzene rings is 1. The van der Waals surface area contributed by atoms with Crippen molar-refractivity contribution in [2.45, 2.75) is 25.4 Å². The molecule has 1 aliphatic carbocycles. The highest BCUT2D eigenvalue weighted by Gasteiger charge is 2.31. The Morgan fingerprint density at radius 2 is 2.21 bits per heavy atom. The van der Waals surface area contributed by atoms with Crippen LogP contribution in [0.4, 0.5) is 4.39 Å². The molecule has 9 heteroatoms. The molecule has 0 spiro atoms. The van der Waals surface area contributed by atoms with E-state index in [1.165, 1.54) is 35.2 Å². The van der Waals surface area contributed by atoms with Crippen LogP contribution in [0.25, 0.3) is 5.69 Å². The highest BCUT2D eigenvalue weighted by Crippen LogP contribution is 2.44. The van der Waals surface area contributed by atoms with Crippen LogP contribution in [-0.2, 0) is 13.7 Å². The maximum atomic E-state index is 14.4. The van der Waals surface area contributed by atoms with Crippen LogP contribution in [0, 0.1) is 5.82 Å². The lowest BCUT2D eigenvalue weighted by molar-refractivity contribution is 0.301. The second kappa shape index (κ2) is 5.82. The van der Waals surface area contributed by atoms with Crippen molar-refractivity contribution in [1.82, 2.24) is 24.8 Å². The number of thiazole rings is 1. The quantitative estimate of drug-likeness (QED) is 0.706. The molecule has 0 radical (unpaired) electrons. The fourth-order valence-corrected chi connectivity index (χ4v) is 3.16. The highest BCUT2D eigenvalue weighted by molar-refractivity contribution is 7.11. The van der Waals surface area contributed by atoms with Gasteiger partial charge in [0, 0.05) is 24.2 Å². The molecule has 0 aliphatic heterocycles. The van der Waals surface area contributed by atoms with Crippen molar-refractivity contribution in [3.8, 4) is 10.9 Å². The predicted molar refractivity (Wildman–Crippen MR) is 85.0 cm³/mol. The molecule has 2 heterocycles. The minimum Gasteiger partial charge on any atom is -0.465 e. The van der Waals surface area contributed by atoms with E-state index in [0.29, 0.717) is 22.0 Å². The molecule has 2 aromatic heterocycles. The summed E-state index contributed by atoms with van der Waals surface area (Å²) < 4.78 is 22.4. The van der Waals surface area contributed by atoms with Crippen LogP contribution in [0.1, 0.15) is 29.9 Å². The molecule has 0 amide bonds. The summed E-state index contributed by atoms with van der Waals surface area (Å²) in [7, 11) is 1.52. The van der Waals surface area contributed by atoms with E-state index in [2.05, 4.69) is 15.4 Å². The molecule has 1 aliphatic rings. The van der Waals surface area contributed by atoms with Gasteiger partial charge in [0.1, 0.15) is 12.4 Å². The van der Waals surface area contributed by atoms with Crippen molar-refractivity contribution < 1.29 is 9.13 Å². The molecule has 4 rings (SSSR count). The number of rotatable bonds is 5. The van der Waals surface area contributed by atoms with Crippen molar-refractivity contribution in [1.29, 1.82) is 0 Å². The lowest BCUT2D eigenvalue weighted by Crippen LogP contribution is -2.23. The van der Waals surface area contributed by atoms with Crippen molar-refractivity contribution in [2.75, 3.05) is 0 Å². The molecular formula is C15H14FN5O2S. The van der Waals surface area contributed by atoms with Gasteiger partial charge in [-0.25, -0.2) is 14.2 Å². The van der Waals surface area contributed by atoms with Crippen LogP contribution in [0.2, 0.25) is 0 Å². The first kappa shape index (κ1) is 15.0. The summed E-state index contributed by atoms with van der Waals surface area (Å²) >= 11 is 1.36. The third-order valence-corrected chi connectivity index (χ3v) is 4.65. The van der Waals surface area contributed by atoms with Gasteiger partial charge < -0.3 is 4.74 Å². The molecule has 1 saturated carbocycles. The van der Waals surface area contributed by atoms with Gasteiger partial charge in [-0.3, -0.25) is 0 Å². The first-order valence-electron chi connectivity index (χ1n) is 7.48. The molecule has 0 N–H and O–H groups in total. The van der Waals surface area contributed by atoms with Crippen LogP contribution >= 0.6 is 11.3 Å². The molecule has 3 aromatic rings. The van der Waals surface area contributed by atoms with Crippen LogP contribution in [-0.4, -0.2) is 24.8 Å². The van der Waals surface area contributed by atoms with Gasteiger partial charge in [0.05, 0.1) is 5.69 Å².